The normalized spacial score (nSPS) is 18.5. The number of hydrogen-bond donors (Lipinski definition) is 1. The van der Waals surface area contributed by atoms with E-state index in [9.17, 15) is 13.2 Å². The van der Waals surface area contributed by atoms with Gasteiger partial charge in [0.15, 0.2) is 0 Å². The molecule has 3 aromatic carbocycles. The molecule has 1 unspecified atom stereocenters. The van der Waals surface area contributed by atoms with Gasteiger partial charge in [-0.1, -0.05) is 73.3 Å². The molecular formula is C33H38ClN5O3S. The maximum atomic E-state index is 14.1. The highest BCUT2D eigenvalue weighted by molar-refractivity contribution is 7.89. The van der Waals surface area contributed by atoms with Crippen molar-refractivity contribution in [2.24, 2.45) is 11.3 Å². The Hall–Kier alpha value is -3.27. The Kier molecular flexibility index (Phi) is 8.84. The molecule has 6 rings (SSSR count). The summed E-state index contributed by atoms with van der Waals surface area (Å²) in [6, 6.07) is 18.9. The number of halogens is 1. The van der Waals surface area contributed by atoms with Crippen molar-refractivity contribution < 1.29 is 13.2 Å². The van der Waals surface area contributed by atoms with Crippen LogP contribution in [0.25, 0.3) is 10.8 Å². The highest BCUT2D eigenvalue weighted by Crippen LogP contribution is 2.47. The van der Waals surface area contributed by atoms with Crippen LogP contribution in [0.4, 0.5) is 0 Å². The highest BCUT2D eigenvalue weighted by atomic mass is 35.5. The molecule has 1 saturated heterocycles. The van der Waals surface area contributed by atoms with Crippen LogP contribution >= 0.6 is 11.6 Å². The van der Waals surface area contributed by atoms with Gasteiger partial charge in [-0.15, -0.1) is 0 Å². The molecule has 2 aliphatic rings. The lowest BCUT2D eigenvalue weighted by atomic mass is 9.63. The third-order valence-corrected chi connectivity index (χ3v) is 11.2. The summed E-state index contributed by atoms with van der Waals surface area (Å²) in [6.45, 7) is 1.96. The second-order valence-electron chi connectivity index (χ2n) is 12.1. The van der Waals surface area contributed by atoms with Crippen LogP contribution in [0.15, 0.2) is 84.3 Å². The third-order valence-electron chi connectivity index (χ3n) is 9.47. The highest BCUT2D eigenvalue weighted by Gasteiger charge is 2.44. The number of sulfonamides is 1. The van der Waals surface area contributed by atoms with Crippen molar-refractivity contribution >= 4 is 38.3 Å². The fourth-order valence-corrected chi connectivity index (χ4v) is 8.42. The Morgan fingerprint density at radius 1 is 0.977 bits per heavy atom. The molecule has 1 aliphatic carbocycles. The Labute approximate surface area is 258 Å². The minimum Gasteiger partial charge on any atom is -0.341 e. The van der Waals surface area contributed by atoms with Gasteiger partial charge >= 0.3 is 0 Å². The fraction of sp³-hybridized carbons (Fsp3) is 0.424. The van der Waals surface area contributed by atoms with Crippen molar-refractivity contribution in [1.82, 2.24) is 24.4 Å². The van der Waals surface area contributed by atoms with Gasteiger partial charge in [-0.3, -0.25) is 9.48 Å². The molecule has 1 N–H and O–H groups in total. The van der Waals surface area contributed by atoms with Crippen molar-refractivity contribution in [2.45, 2.75) is 68.8 Å². The lowest BCUT2D eigenvalue weighted by molar-refractivity contribution is -0.136. The minimum absolute atomic E-state index is 0.0428. The van der Waals surface area contributed by atoms with E-state index in [1.807, 2.05) is 46.0 Å². The SMILES string of the molecule is O=C(C(Cc1ccc(Cl)cc1)NS(=O)(=O)c1ccc2ccccc2c1)N1CCC(Cn2cncn2)(C2CCCCC2)CC1. The Morgan fingerprint density at radius 3 is 2.40 bits per heavy atom. The molecule has 0 radical (unpaired) electrons. The molecule has 1 aromatic heterocycles. The van der Waals surface area contributed by atoms with Gasteiger partial charge in [-0.05, 0) is 84.0 Å². The second-order valence-corrected chi connectivity index (χ2v) is 14.3. The summed E-state index contributed by atoms with van der Waals surface area (Å²) in [7, 11) is -3.98. The molecule has 226 valence electrons. The lowest BCUT2D eigenvalue weighted by Crippen LogP contribution is -2.54. The van der Waals surface area contributed by atoms with Crippen molar-refractivity contribution in [3.63, 3.8) is 0 Å². The van der Waals surface area contributed by atoms with Gasteiger partial charge < -0.3 is 4.90 Å². The summed E-state index contributed by atoms with van der Waals surface area (Å²) in [5.74, 6) is 0.385. The first kappa shape index (κ1) is 29.8. The van der Waals surface area contributed by atoms with Crippen LogP contribution < -0.4 is 4.72 Å². The number of hydrogen-bond acceptors (Lipinski definition) is 5. The van der Waals surface area contributed by atoms with Gasteiger partial charge in [0.2, 0.25) is 15.9 Å². The molecule has 2 heterocycles. The van der Waals surface area contributed by atoms with Crippen LogP contribution in [0, 0.1) is 11.3 Å². The van der Waals surface area contributed by atoms with E-state index in [4.69, 9.17) is 11.6 Å². The molecular weight excluding hydrogens is 582 g/mol. The van der Waals surface area contributed by atoms with Gasteiger partial charge in [-0.2, -0.15) is 9.82 Å². The van der Waals surface area contributed by atoms with E-state index in [-0.39, 0.29) is 22.6 Å². The van der Waals surface area contributed by atoms with Crippen molar-refractivity contribution in [1.29, 1.82) is 0 Å². The van der Waals surface area contributed by atoms with Crippen LogP contribution in [0.5, 0.6) is 0 Å². The standard InChI is InChI=1S/C33H38ClN5O3S/c34-29-13-10-25(11-14-29)20-31(37-43(41,42)30-15-12-26-6-4-5-7-27(26)21-30)32(40)38-18-16-33(17-19-38,22-39-24-35-23-36-39)28-8-2-1-3-9-28/h4-7,10-15,21,23-24,28,31,37H,1-3,8-9,16-20,22H2. The zero-order valence-electron chi connectivity index (χ0n) is 24.2. The fourth-order valence-electron chi connectivity index (χ4n) is 7.07. The largest absolute Gasteiger partial charge is 0.341 e. The topological polar surface area (TPSA) is 97.2 Å². The summed E-state index contributed by atoms with van der Waals surface area (Å²) in [5.41, 5.74) is 0.880. The van der Waals surface area contributed by atoms with Gasteiger partial charge in [0.1, 0.15) is 18.7 Å². The van der Waals surface area contributed by atoms with Crippen molar-refractivity contribution in [3.05, 3.63) is 90.0 Å². The maximum Gasteiger partial charge on any atom is 0.241 e. The van der Waals surface area contributed by atoms with E-state index < -0.39 is 16.1 Å². The number of rotatable bonds is 9. The zero-order valence-corrected chi connectivity index (χ0v) is 25.8. The summed E-state index contributed by atoms with van der Waals surface area (Å²) in [4.78, 5) is 20.3. The van der Waals surface area contributed by atoms with E-state index in [0.29, 0.717) is 24.0 Å². The zero-order chi connectivity index (χ0) is 29.9. The van der Waals surface area contributed by atoms with Crippen LogP contribution in [0.2, 0.25) is 5.02 Å². The number of nitrogens with zero attached hydrogens (tertiary/aromatic N) is 4. The van der Waals surface area contributed by atoms with Crippen molar-refractivity contribution in [2.75, 3.05) is 13.1 Å². The quantitative estimate of drug-likeness (QED) is 0.253. The van der Waals surface area contributed by atoms with Gasteiger partial charge in [0, 0.05) is 24.7 Å². The average Bonchev–Trinajstić information content (AvgIpc) is 3.55. The van der Waals surface area contributed by atoms with Crippen LogP contribution in [0.1, 0.15) is 50.5 Å². The molecule has 0 bridgehead atoms. The van der Waals surface area contributed by atoms with Crippen LogP contribution in [-0.2, 0) is 27.8 Å². The summed E-state index contributed by atoms with van der Waals surface area (Å²) in [5, 5.41) is 6.78. The molecule has 2 fully saturated rings. The first-order valence-corrected chi connectivity index (χ1v) is 17.0. The van der Waals surface area contributed by atoms with E-state index in [1.165, 1.54) is 32.1 Å². The molecule has 1 atom stereocenters. The van der Waals surface area contributed by atoms with E-state index in [1.54, 1.807) is 43.0 Å². The number of piperidine rings is 1. The molecule has 4 aromatic rings. The first-order valence-electron chi connectivity index (χ1n) is 15.2. The predicted octanol–water partition coefficient (Wildman–Crippen LogP) is 5.86. The molecule has 8 nitrogen and oxygen atoms in total. The molecule has 0 spiro atoms. The number of nitrogens with one attached hydrogen (secondary N) is 1. The van der Waals surface area contributed by atoms with Crippen LogP contribution in [0.3, 0.4) is 0 Å². The number of aromatic nitrogens is 3. The maximum absolute atomic E-state index is 14.1. The number of likely N-dealkylation sites (tertiary alicyclic amines) is 1. The second kappa shape index (κ2) is 12.8. The first-order chi connectivity index (χ1) is 20.8. The third kappa shape index (κ3) is 6.79. The number of carbonyl (C=O) groups is 1. The van der Waals surface area contributed by atoms with Crippen molar-refractivity contribution in [3.8, 4) is 0 Å². The van der Waals surface area contributed by atoms with Gasteiger partial charge in [-0.25, -0.2) is 13.4 Å². The molecule has 1 amide bonds. The molecule has 10 heteroatoms. The summed E-state index contributed by atoms with van der Waals surface area (Å²) >= 11 is 6.11. The Bertz CT molecular complexity index is 1650. The molecule has 43 heavy (non-hydrogen) atoms. The Morgan fingerprint density at radius 2 is 1.70 bits per heavy atom. The predicted molar refractivity (Wildman–Crippen MR) is 168 cm³/mol. The average molecular weight is 620 g/mol. The smallest absolute Gasteiger partial charge is 0.241 e. The monoisotopic (exact) mass is 619 g/mol. The summed E-state index contributed by atoms with van der Waals surface area (Å²) < 4.78 is 32.1. The number of benzene rings is 3. The van der Waals surface area contributed by atoms with E-state index >= 15 is 0 Å². The van der Waals surface area contributed by atoms with Gasteiger partial charge in [0.05, 0.1) is 4.90 Å². The number of fused-ring (bicyclic) bond motifs is 1. The minimum atomic E-state index is -3.98. The number of amides is 1. The Balaban J connectivity index is 1.23. The lowest BCUT2D eigenvalue weighted by Gasteiger charge is -2.48. The van der Waals surface area contributed by atoms with Gasteiger partial charge in [0.25, 0.3) is 0 Å². The van der Waals surface area contributed by atoms with E-state index in [0.717, 1.165) is 35.7 Å². The molecule has 1 aliphatic heterocycles. The summed E-state index contributed by atoms with van der Waals surface area (Å²) in [6.07, 6.45) is 11.5. The number of carbonyl (C=O) groups excluding carboxylic acids is 1. The van der Waals surface area contributed by atoms with E-state index in [2.05, 4.69) is 14.8 Å². The molecule has 1 saturated carbocycles. The van der Waals surface area contributed by atoms with Crippen LogP contribution in [-0.4, -0.2) is 53.1 Å².